The highest BCUT2D eigenvalue weighted by molar-refractivity contribution is 4.98. The van der Waals surface area contributed by atoms with Gasteiger partial charge in [-0.1, -0.05) is 25.0 Å². The SMILES string of the molecule is OC1(CN2CC=CC2)CCCC1. The van der Waals surface area contributed by atoms with Crippen molar-refractivity contribution in [2.75, 3.05) is 19.6 Å². The molecule has 2 rings (SSSR count). The summed E-state index contributed by atoms with van der Waals surface area (Å²) < 4.78 is 0. The van der Waals surface area contributed by atoms with Crippen LogP contribution in [0.3, 0.4) is 0 Å². The quantitative estimate of drug-likeness (QED) is 0.624. The van der Waals surface area contributed by atoms with Crippen LogP contribution in [-0.2, 0) is 0 Å². The average molecular weight is 167 g/mol. The molecule has 2 aliphatic rings. The van der Waals surface area contributed by atoms with Crippen molar-refractivity contribution < 1.29 is 5.11 Å². The van der Waals surface area contributed by atoms with Gasteiger partial charge in [0.15, 0.2) is 0 Å². The molecular formula is C10H17NO. The van der Waals surface area contributed by atoms with Crippen LogP contribution in [0.15, 0.2) is 12.2 Å². The number of β-amino-alcohol motifs (C(OH)–C–C–N with tert-alkyl or cyclic N) is 1. The summed E-state index contributed by atoms with van der Waals surface area (Å²) in [5, 5.41) is 10.1. The highest BCUT2D eigenvalue weighted by atomic mass is 16.3. The third kappa shape index (κ3) is 1.70. The molecule has 68 valence electrons. The summed E-state index contributed by atoms with van der Waals surface area (Å²) in [6.45, 7) is 2.94. The molecule has 1 fully saturated rings. The van der Waals surface area contributed by atoms with Gasteiger partial charge in [-0.2, -0.15) is 0 Å². The second-order valence-corrected chi connectivity index (χ2v) is 4.10. The molecule has 12 heavy (non-hydrogen) atoms. The summed E-state index contributed by atoms with van der Waals surface area (Å²) >= 11 is 0. The fourth-order valence-corrected chi connectivity index (χ4v) is 2.26. The first-order valence-corrected chi connectivity index (χ1v) is 4.88. The molecule has 1 aliphatic heterocycles. The Balaban J connectivity index is 1.84. The van der Waals surface area contributed by atoms with Gasteiger partial charge >= 0.3 is 0 Å². The second-order valence-electron chi connectivity index (χ2n) is 4.10. The van der Waals surface area contributed by atoms with E-state index in [0.717, 1.165) is 32.5 Å². The maximum Gasteiger partial charge on any atom is 0.0774 e. The van der Waals surface area contributed by atoms with E-state index in [1.807, 2.05) is 0 Å². The van der Waals surface area contributed by atoms with Crippen molar-refractivity contribution in [2.45, 2.75) is 31.3 Å². The lowest BCUT2D eigenvalue weighted by molar-refractivity contribution is 0.0171. The van der Waals surface area contributed by atoms with E-state index in [1.165, 1.54) is 12.8 Å². The van der Waals surface area contributed by atoms with Crippen LogP contribution < -0.4 is 0 Å². The van der Waals surface area contributed by atoms with E-state index in [1.54, 1.807) is 0 Å². The molecule has 0 aromatic heterocycles. The van der Waals surface area contributed by atoms with Crippen LogP contribution in [0.1, 0.15) is 25.7 Å². The first-order valence-electron chi connectivity index (χ1n) is 4.88. The first-order chi connectivity index (χ1) is 5.79. The molecule has 0 unspecified atom stereocenters. The fraction of sp³-hybridized carbons (Fsp3) is 0.800. The fourth-order valence-electron chi connectivity index (χ4n) is 2.26. The molecule has 2 nitrogen and oxygen atoms in total. The zero-order valence-corrected chi connectivity index (χ0v) is 7.50. The molecular weight excluding hydrogens is 150 g/mol. The Morgan fingerprint density at radius 3 is 2.33 bits per heavy atom. The van der Waals surface area contributed by atoms with Gasteiger partial charge in [-0.15, -0.1) is 0 Å². The summed E-state index contributed by atoms with van der Waals surface area (Å²) in [6.07, 6.45) is 8.78. The standard InChI is InChI=1S/C10H17NO/c12-10(5-1-2-6-10)9-11-7-3-4-8-11/h3-4,12H,1-2,5-9H2. The zero-order valence-electron chi connectivity index (χ0n) is 7.50. The lowest BCUT2D eigenvalue weighted by atomic mass is 10.0. The topological polar surface area (TPSA) is 23.5 Å². The summed E-state index contributed by atoms with van der Waals surface area (Å²) in [7, 11) is 0. The van der Waals surface area contributed by atoms with Crippen molar-refractivity contribution in [3.63, 3.8) is 0 Å². The molecule has 0 saturated heterocycles. The second kappa shape index (κ2) is 3.19. The van der Waals surface area contributed by atoms with Gasteiger partial charge in [-0.3, -0.25) is 4.90 Å². The summed E-state index contributed by atoms with van der Waals surface area (Å²) in [4.78, 5) is 2.31. The lowest BCUT2D eigenvalue weighted by Gasteiger charge is -2.27. The van der Waals surface area contributed by atoms with E-state index < -0.39 is 0 Å². The largest absolute Gasteiger partial charge is 0.389 e. The predicted molar refractivity (Wildman–Crippen MR) is 49.0 cm³/mol. The number of nitrogens with zero attached hydrogens (tertiary/aromatic N) is 1. The minimum Gasteiger partial charge on any atom is -0.389 e. The normalized spacial score (nSPS) is 28.4. The summed E-state index contributed by atoms with van der Waals surface area (Å²) in [6, 6.07) is 0. The van der Waals surface area contributed by atoms with Crippen LogP contribution in [0.2, 0.25) is 0 Å². The molecule has 0 radical (unpaired) electrons. The summed E-state index contributed by atoms with van der Waals surface area (Å²) in [5.74, 6) is 0. The smallest absolute Gasteiger partial charge is 0.0774 e. The van der Waals surface area contributed by atoms with E-state index in [2.05, 4.69) is 17.1 Å². The molecule has 2 heteroatoms. The molecule has 0 bridgehead atoms. The number of rotatable bonds is 2. The molecule has 1 N–H and O–H groups in total. The maximum absolute atomic E-state index is 10.1. The van der Waals surface area contributed by atoms with Gasteiger partial charge in [0.25, 0.3) is 0 Å². The molecule has 0 amide bonds. The van der Waals surface area contributed by atoms with Crippen molar-refractivity contribution in [3.05, 3.63) is 12.2 Å². The van der Waals surface area contributed by atoms with Gasteiger partial charge in [-0.25, -0.2) is 0 Å². The molecule has 0 aromatic rings. The van der Waals surface area contributed by atoms with E-state index >= 15 is 0 Å². The Kier molecular flexibility index (Phi) is 2.20. The Morgan fingerprint density at radius 2 is 1.75 bits per heavy atom. The van der Waals surface area contributed by atoms with Crippen LogP contribution >= 0.6 is 0 Å². The predicted octanol–water partition coefficient (Wildman–Crippen LogP) is 1.16. The Bertz CT molecular complexity index is 174. The Labute approximate surface area is 73.9 Å². The minimum absolute atomic E-state index is 0.355. The summed E-state index contributed by atoms with van der Waals surface area (Å²) in [5.41, 5.74) is -0.355. The van der Waals surface area contributed by atoms with E-state index in [9.17, 15) is 5.11 Å². The highest BCUT2D eigenvalue weighted by Crippen LogP contribution is 2.30. The number of hydrogen-bond acceptors (Lipinski definition) is 2. The Morgan fingerprint density at radius 1 is 1.17 bits per heavy atom. The van der Waals surface area contributed by atoms with Crippen LogP contribution in [-0.4, -0.2) is 35.2 Å². The van der Waals surface area contributed by atoms with Gasteiger partial charge in [0, 0.05) is 19.6 Å². The first kappa shape index (κ1) is 8.27. The van der Waals surface area contributed by atoms with Crippen molar-refractivity contribution in [1.82, 2.24) is 4.90 Å². The number of aliphatic hydroxyl groups is 1. The third-order valence-electron chi connectivity index (χ3n) is 2.95. The maximum atomic E-state index is 10.1. The lowest BCUT2D eigenvalue weighted by Crippen LogP contribution is -2.39. The van der Waals surface area contributed by atoms with Gasteiger partial charge < -0.3 is 5.11 Å². The van der Waals surface area contributed by atoms with Crippen LogP contribution in [0.5, 0.6) is 0 Å². The average Bonchev–Trinajstić information content (AvgIpc) is 2.62. The number of hydrogen-bond donors (Lipinski definition) is 1. The minimum atomic E-state index is -0.355. The van der Waals surface area contributed by atoms with Crippen LogP contribution in [0, 0.1) is 0 Å². The van der Waals surface area contributed by atoms with E-state index in [4.69, 9.17) is 0 Å². The van der Waals surface area contributed by atoms with Crippen molar-refractivity contribution in [3.8, 4) is 0 Å². The third-order valence-corrected chi connectivity index (χ3v) is 2.95. The molecule has 0 aromatic carbocycles. The molecule has 0 atom stereocenters. The van der Waals surface area contributed by atoms with Crippen molar-refractivity contribution in [2.24, 2.45) is 0 Å². The van der Waals surface area contributed by atoms with Gasteiger partial charge in [0.1, 0.15) is 0 Å². The van der Waals surface area contributed by atoms with Gasteiger partial charge in [0.2, 0.25) is 0 Å². The van der Waals surface area contributed by atoms with Crippen LogP contribution in [0.4, 0.5) is 0 Å². The monoisotopic (exact) mass is 167 g/mol. The highest BCUT2D eigenvalue weighted by Gasteiger charge is 2.32. The molecule has 0 spiro atoms. The Hall–Kier alpha value is -0.340. The van der Waals surface area contributed by atoms with Crippen LogP contribution in [0.25, 0.3) is 0 Å². The molecule has 1 aliphatic carbocycles. The van der Waals surface area contributed by atoms with Gasteiger partial charge in [0.05, 0.1) is 5.60 Å². The molecule has 1 heterocycles. The van der Waals surface area contributed by atoms with Gasteiger partial charge in [-0.05, 0) is 12.8 Å². The van der Waals surface area contributed by atoms with E-state index in [-0.39, 0.29) is 5.60 Å². The van der Waals surface area contributed by atoms with Crippen molar-refractivity contribution in [1.29, 1.82) is 0 Å². The molecule has 1 saturated carbocycles. The zero-order chi connectivity index (χ0) is 8.44. The van der Waals surface area contributed by atoms with Crippen molar-refractivity contribution >= 4 is 0 Å². The van der Waals surface area contributed by atoms with E-state index in [0.29, 0.717) is 0 Å².